The van der Waals surface area contributed by atoms with Crippen LogP contribution in [0.1, 0.15) is 25.7 Å². The zero-order valence-corrected chi connectivity index (χ0v) is 12.4. The second-order valence-corrected chi connectivity index (χ2v) is 7.11. The second kappa shape index (κ2) is 5.71. The van der Waals surface area contributed by atoms with Crippen molar-refractivity contribution in [2.45, 2.75) is 42.7 Å². The van der Waals surface area contributed by atoms with Gasteiger partial charge in [0.25, 0.3) is 0 Å². The Morgan fingerprint density at radius 2 is 2.00 bits per heavy atom. The summed E-state index contributed by atoms with van der Waals surface area (Å²) in [4.78, 5) is 4.24. The molecule has 6 heteroatoms. The van der Waals surface area contributed by atoms with E-state index in [1.165, 1.54) is 0 Å². The lowest BCUT2D eigenvalue weighted by Crippen LogP contribution is -2.44. The van der Waals surface area contributed by atoms with Crippen LogP contribution in [0.3, 0.4) is 0 Å². The zero-order valence-electron chi connectivity index (χ0n) is 11.6. The highest BCUT2D eigenvalue weighted by Crippen LogP contribution is 2.24. The number of aliphatic hydroxyl groups excluding tert-OH is 1. The van der Waals surface area contributed by atoms with E-state index in [2.05, 4.69) is 9.71 Å². The fraction of sp³-hybridized carbons (Fsp3) is 0.400. The van der Waals surface area contributed by atoms with E-state index < -0.39 is 22.2 Å². The van der Waals surface area contributed by atoms with Crippen LogP contribution in [0.25, 0.3) is 10.8 Å². The molecule has 2 N–H and O–H groups in total. The third-order valence-electron chi connectivity index (χ3n) is 3.97. The highest BCUT2D eigenvalue weighted by atomic mass is 32.2. The van der Waals surface area contributed by atoms with Crippen molar-refractivity contribution in [2.75, 3.05) is 0 Å². The van der Waals surface area contributed by atoms with Gasteiger partial charge >= 0.3 is 0 Å². The van der Waals surface area contributed by atoms with Crippen molar-refractivity contribution >= 4 is 20.8 Å². The molecular formula is C15H18N2O3S. The molecule has 1 heterocycles. The molecule has 1 aliphatic carbocycles. The summed E-state index contributed by atoms with van der Waals surface area (Å²) in [6.07, 6.45) is 5.81. The molecule has 1 aromatic carbocycles. The molecule has 5 nitrogen and oxygen atoms in total. The van der Waals surface area contributed by atoms with Crippen LogP contribution in [0.5, 0.6) is 0 Å². The van der Waals surface area contributed by atoms with Crippen molar-refractivity contribution in [3.8, 4) is 0 Å². The predicted octanol–water partition coefficient (Wildman–Crippen LogP) is 1.82. The topological polar surface area (TPSA) is 79.3 Å². The number of benzene rings is 1. The summed E-state index contributed by atoms with van der Waals surface area (Å²) in [6, 6.07) is 6.41. The molecule has 0 amide bonds. The Morgan fingerprint density at radius 3 is 2.81 bits per heavy atom. The minimum atomic E-state index is -3.66. The van der Waals surface area contributed by atoms with Gasteiger partial charge in [0, 0.05) is 29.2 Å². The van der Waals surface area contributed by atoms with Crippen LogP contribution < -0.4 is 4.72 Å². The fourth-order valence-electron chi connectivity index (χ4n) is 2.84. The molecule has 112 valence electrons. The van der Waals surface area contributed by atoms with Crippen LogP contribution in [0.4, 0.5) is 0 Å². The Balaban J connectivity index is 1.97. The molecule has 0 radical (unpaired) electrons. The van der Waals surface area contributed by atoms with Gasteiger partial charge in [0.1, 0.15) is 0 Å². The number of aliphatic hydroxyl groups is 1. The molecular weight excluding hydrogens is 288 g/mol. The highest BCUT2D eigenvalue weighted by Gasteiger charge is 2.28. The van der Waals surface area contributed by atoms with Gasteiger partial charge < -0.3 is 5.11 Å². The third kappa shape index (κ3) is 2.92. The van der Waals surface area contributed by atoms with Gasteiger partial charge in [-0.25, -0.2) is 13.1 Å². The maximum Gasteiger partial charge on any atom is 0.241 e. The summed E-state index contributed by atoms with van der Waals surface area (Å²) in [5.74, 6) is 0. The van der Waals surface area contributed by atoms with Crippen molar-refractivity contribution in [3.63, 3.8) is 0 Å². The summed E-state index contributed by atoms with van der Waals surface area (Å²) >= 11 is 0. The van der Waals surface area contributed by atoms with E-state index in [0.29, 0.717) is 18.2 Å². The molecule has 21 heavy (non-hydrogen) atoms. The standard InChI is InChI=1S/C15H18N2O3S/c18-14-6-2-1-5-13(14)17-21(19,20)15-7-3-4-11-10-16-9-8-12(11)15/h3-4,7-10,13-14,17-18H,1-2,5-6H2/t13-,14-/m1/s1. The summed E-state index contributed by atoms with van der Waals surface area (Å²) in [7, 11) is -3.66. The molecule has 3 rings (SSSR count). The van der Waals surface area contributed by atoms with E-state index >= 15 is 0 Å². The summed E-state index contributed by atoms with van der Waals surface area (Å²) < 4.78 is 27.9. The molecule has 0 aliphatic heterocycles. The molecule has 0 saturated heterocycles. The Hall–Kier alpha value is -1.50. The first-order chi connectivity index (χ1) is 10.1. The minimum Gasteiger partial charge on any atom is -0.391 e. The van der Waals surface area contributed by atoms with Crippen LogP contribution in [0.15, 0.2) is 41.6 Å². The van der Waals surface area contributed by atoms with E-state index in [1.54, 1.807) is 30.6 Å². The van der Waals surface area contributed by atoms with Crippen molar-refractivity contribution in [1.82, 2.24) is 9.71 Å². The average molecular weight is 306 g/mol. The highest BCUT2D eigenvalue weighted by molar-refractivity contribution is 7.89. The van der Waals surface area contributed by atoms with Gasteiger partial charge in [0.05, 0.1) is 11.0 Å². The van der Waals surface area contributed by atoms with E-state index in [1.807, 2.05) is 6.07 Å². The van der Waals surface area contributed by atoms with Gasteiger partial charge in [-0.05, 0) is 25.0 Å². The van der Waals surface area contributed by atoms with Crippen LogP contribution >= 0.6 is 0 Å². The average Bonchev–Trinajstić information content (AvgIpc) is 2.49. The number of nitrogens with zero attached hydrogens (tertiary/aromatic N) is 1. The van der Waals surface area contributed by atoms with Crippen LogP contribution in [-0.2, 0) is 10.0 Å². The van der Waals surface area contributed by atoms with E-state index in [4.69, 9.17) is 0 Å². The largest absolute Gasteiger partial charge is 0.391 e. The maximum atomic E-state index is 12.6. The van der Waals surface area contributed by atoms with E-state index in [0.717, 1.165) is 18.2 Å². The predicted molar refractivity (Wildman–Crippen MR) is 80.3 cm³/mol. The first kappa shape index (κ1) is 14.4. The lowest BCUT2D eigenvalue weighted by atomic mass is 9.93. The third-order valence-corrected chi connectivity index (χ3v) is 5.51. The molecule has 1 saturated carbocycles. The molecule has 1 fully saturated rings. The number of aromatic nitrogens is 1. The first-order valence-electron chi connectivity index (χ1n) is 7.11. The molecule has 1 aliphatic rings. The van der Waals surface area contributed by atoms with Crippen LogP contribution in [0, 0.1) is 0 Å². The Bertz CT molecular complexity index is 740. The number of pyridine rings is 1. The van der Waals surface area contributed by atoms with Crippen LogP contribution in [0.2, 0.25) is 0 Å². The zero-order chi connectivity index (χ0) is 14.9. The number of sulfonamides is 1. The smallest absolute Gasteiger partial charge is 0.241 e. The monoisotopic (exact) mass is 306 g/mol. The van der Waals surface area contributed by atoms with Gasteiger partial charge in [-0.15, -0.1) is 0 Å². The number of hydrogen-bond donors (Lipinski definition) is 2. The van der Waals surface area contributed by atoms with Gasteiger partial charge in [0.2, 0.25) is 10.0 Å². The van der Waals surface area contributed by atoms with Gasteiger partial charge in [-0.1, -0.05) is 25.0 Å². The lowest BCUT2D eigenvalue weighted by Gasteiger charge is -2.28. The molecule has 0 spiro atoms. The normalized spacial score (nSPS) is 23.3. The summed E-state index contributed by atoms with van der Waals surface area (Å²) in [6.45, 7) is 0. The minimum absolute atomic E-state index is 0.236. The van der Waals surface area contributed by atoms with Crippen molar-refractivity contribution in [1.29, 1.82) is 0 Å². The molecule has 2 atom stereocenters. The number of rotatable bonds is 3. The summed E-state index contributed by atoms with van der Waals surface area (Å²) in [5.41, 5.74) is 0. The number of nitrogens with one attached hydrogen (secondary N) is 1. The fourth-order valence-corrected chi connectivity index (χ4v) is 4.37. The van der Waals surface area contributed by atoms with Gasteiger partial charge in [0.15, 0.2) is 0 Å². The molecule has 0 bridgehead atoms. The van der Waals surface area contributed by atoms with Gasteiger partial charge in [-0.3, -0.25) is 4.98 Å². The number of hydrogen-bond acceptors (Lipinski definition) is 4. The van der Waals surface area contributed by atoms with Crippen molar-refractivity contribution in [3.05, 3.63) is 36.7 Å². The second-order valence-electron chi connectivity index (χ2n) is 5.43. The Morgan fingerprint density at radius 1 is 1.19 bits per heavy atom. The summed E-state index contributed by atoms with van der Waals surface area (Å²) in [5, 5.41) is 11.4. The van der Waals surface area contributed by atoms with Crippen LogP contribution in [-0.4, -0.2) is 30.7 Å². The number of fused-ring (bicyclic) bond motifs is 1. The van der Waals surface area contributed by atoms with E-state index in [9.17, 15) is 13.5 Å². The molecule has 0 unspecified atom stereocenters. The maximum absolute atomic E-state index is 12.6. The lowest BCUT2D eigenvalue weighted by molar-refractivity contribution is 0.101. The Labute approximate surface area is 124 Å². The molecule has 2 aromatic rings. The van der Waals surface area contributed by atoms with Gasteiger partial charge in [-0.2, -0.15) is 0 Å². The Kier molecular flexibility index (Phi) is 3.93. The SMILES string of the molecule is O=S(=O)(N[C@@H]1CCCC[C@H]1O)c1cccc2cnccc12. The quantitative estimate of drug-likeness (QED) is 0.906. The first-order valence-corrected chi connectivity index (χ1v) is 8.59. The van der Waals surface area contributed by atoms with E-state index in [-0.39, 0.29) is 4.90 Å². The van der Waals surface area contributed by atoms with Crippen molar-refractivity contribution < 1.29 is 13.5 Å². The molecule has 1 aromatic heterocycles. The van der Waals surface area contributed by atoms with Crippen molar-refractivity contribution in [2.24, 2.45) is 0 Å².